The number of nitrogens with one attached hydrogen (secondary N) is 1. The second kappa shape index (κ2) is 7.14. The van der Waals surface area contributed by atoms with Crippen LogP contribution in [0.25, 0.3) is 0 Å². The third-order valence-electron chi connectivity index (χ3n) is 4.77. The zero-order chi connectivity index (χ0) is 14.5. The number of nitrogen functional groups attached to an aromatic ring is 1. The lowest BCUT2D eigenvalue weighted by molar-refractivity contribution is 0.0492. The molecule has 0 spiro atoms. The molecule has 4 heteroatoms. The van der Waals surface area contributed by atoms with Crippen molar-refractivity contribution < 1.29 is 4.74 Å². The molecule has 3 N–H and O–H groups in total. The quantitative estimate of drug-likeness (QED) is 0.837. The van der Waals surface area contributed by atoms with Crippen LogP contribution in [-0.2, 0) is 4.74 Å². The molecule has 4 nitrogen and oxygen atoms in total. The molecule has 0 amide bonds. The van der Waals surface area contributed by atoms with Gasteiger partial charge in [-0.15, -0.1) is 0 Å². The summed E-state index contributed by atoms with van der Waals surface area (Å²) in [5.41, 5.74) is 7.94. The lowest BCUT2D eigenvalue weighted by Crippen LogP contribution is -2.42. The fraction of sp³-hybridized carbons (Fsp3) is 0.647. The minimum absolute atomic E-state index is 0.556. The van der Waals surface area contributed by atoms with Gasteiger partial charge in [-0.1, -0.05) is 12.1 Å². The van der Waals surface area contributed by atoms with Gasteiger partial charge in [0.05, 0.1) is 11.4 Å². The molecule has 0 aromatic heterocycles. The number of para-hydroxylation sites is 2. The second-order valence-corrected chi connectivity index (χ2v) is 6.36. The minimum Gasteiger partial charge on any atom is -0.397 e. The maximum atomic E-state index is 6.00. The zero-order valence-electron chi connectivity index (χ0n) is 12.8. The van der Waals surface area contributed by atoms with Gasteiger partial charge in [0.15, 0.2) is 0 Å². The maximum absolute atomic E-state index is 6.00. The van der Waals surface area contributed by atoms with E-state index in [0.717, 1.165) is 30.5 Å². The number of benzene rings is 1. The van der Waals surface area contributed by atoms with Crippen LogP contribution in [0.3, 0.4) is 0 Å². The van der Waals surface area contributed by atoms with Gasteiger partial charge >= 0.3 is 0 Å². The number of hydrogen-bond donors (Lipinski definition) is 2. The number of nitrogens with zero attached hydrogens (tertiary/aromatic N) is 1. The van der Waals surface area contributed by atoms with Crippen molar-refractivity contribution in [1.29, 1.82) is 0 Å². The summed E-state index contributed by atoms with van der Waals surface area (Å²) in [6.45, 7) is 5.55. The Hall–Kier alpha value is -1.26. The fourth-order valence-electron chi connectivity index (χ4n) is 3.40. The average molecular weight is 289 g/mol. The van der Waals surface area contributed by atoms with Gasteiger partial charge in [0.25, 0.3) is 0 Å². The highest BCUT2D eigenvalue weighted by molar-refractivity contribution is 5.65. The summed E-state index contributed by atoms with van der Waals surface area (Å²) in [7, 11) is 0. The van der Waals surface area contributed by atoms with E-state index in [9.17, 15) is 0 Å². The van der Waals surface area contributed by atoms with E-state index in [0.29, 0.717) is 6.04 Å². The molecule has 116 valence electrons. The first-order valence-electron chi connectivity index (χ1n) is 8.22. The van der Waals surface area contributed by atoms with Gasteiger partial charge < -0.3 is 20.7 Å². The topological polar surface area (TPSA) is 50.5 Å². The standard InChI is InChI=1S/C17H27N3O/c18-16-3-1-2-4-17(16)19-15-5-9-20(10-6-15)13-14-7-11-21-12-8-14/h1-4,14-15,19H,5-13,18H2. The Bertz CT molecular complexity index is 437. The molecule has 0 aliphatic carbocycles. The largest absolute Gasteiger partial charge is 0.397 e. The molecular weight excluding hydrogens is 262 g/mol. The van der Waals surface area contributed by atoms with Gasteiger partial charge in [-0.05, 0) is 43.7 Å². The van der Waals surface area contributed by atoms with Crippen molar-refractivity contribution in [2.24, 2.45) is 5.92 Å². The predicted molar refractivity (Wildman–Crippen MR) is 87.5 cm³/mol. The summed E-state index contributed by atoms with van der Waals surface area (Å²) >= 11 is 0. The Kier molecular flexibility index (Phi) is 4.99. The third kappa shape index (κ3) is 4.11. The molecule has 2 aliphatic heterocycles. The van der Waals surface area contributed by atoms with E-state index in [1.807, 2.05) is 18.2 Å². The van der Waals surface area contributed by atoms with Crippen LogP contribution in [0.5, 0.6) is 0 Å². The summed E-state index contributed by atoms with van der Waals surface area (Å²) in [5.74, 6) is 0.841. The third-order valence-corrected chi connectivity index (χ3v) is 4.77. The van der Waals surface area contributed by atoms with Crippen LogP contribution in [-0.4, -0.2) is 43.8 Å². The van der Waals surface area contributed by atoms with Crippen LogP contribution >= 0.6 is 0 Å². The summed E-state index contributed by atoms with van der Waals surface area (Å²) < 4.78 is 5.44. The SMILES string of the molecule is Nc1ccccc1NC1CCN(CC2CCOCC2)CC1. The highest BCUT2D eigenvalue weighted by Gasteiger charge is 2.23. The van der Waals surface area contributed by atoms with Gasteiger partial charge in [0.2, 0.25) is 0 Å². The molecule has 2 fully saturated rings. The van der Waals surface area contributed by atoms with Gasteiger partial charge in [-0.25, -0.2) is 0 Å². The minimum atomic E-state index is 0.556. The molecule has 2 saturated heterocycles. The number of ether oxygens (including phenoxy) is 1. The molecule has 21 heavy (non-hydrogen) atoms. The van der Waals surface area contributed by atoms with Crippen molar-refractivity contribution in [3.63, 3.8) is 0 Å². The molecule has 1 aromatic carbocycles. The van der Waals surface area contributed by atoms with E-state index in [1.54, 1.807) is 0 Å². The maximum Gasteiger partial charge on any atom is 0.0576 e. The van der Waals surface area contributed by atoms with Crippen LogP contribution in [0.2, 0.25) is 0 Å². The Labute approximate surface area is 127 Å². The lowest BCUT2D eigenvalue weighted by Gasteiger charge is -2.36. The number of likely N-dealkylation sites (tertiary alicyclic amines) is 1. The van der Waals surface area contributed by atoms with Crippen LogP contribution < -0.4 is 11.1 Å². The molecule has 0 bridgehead atoms. The molecule has 2 heterocycles. The van der Waals surface area contributed by atoms with E-state index >= 15 is 0 Å². The average Bonchev–Trinajstić information content (AvgIpc) is 2.52. The number of hydrogen-bond acceptors (Lipinski definition) is 4. The molecule has 3 rings (SSSR count). The second-order valence-electron chi connectivity index (χ2n) is 6.36. The van der Waals surface area contributed by atoms with E-state index < -0.39 is 0 Å². The molecule has 1 aromatic rings. The zero-order valence-corrected chi connectivity index (χ0v) is 12.8. The normalized spacial score (nSPS) is 22.3. The van der Waals surface area contributed by atoms with Crippen molar-refractivity contribution in [3.05, 3.63) is 24.3 Å². The predicted octanol–water partition coefficient (Wildman–Crippen LogP) is 2.57. The van der Waals surface area contributed by atoms with E-state index in [4.69, 9.17) is 10.5 Å². The number of rotatable bonds is 4. The van der Waals surface area contributed by atoms with Gasteiger partial charge in [0, 0.05) is 38.9 Å². The fourth-order valence-corrected chi connectivity index (χ4v) is 3.40. The smallest absolute Gasteiger partial charge is 0.0576 e. The van der Waals surface area contributed by atoms with E-state index in [1.165, 1.54) is 45.3 Å². The highest BCUT2D eigenvalue weighted by Crippen LogP contribution is 2.23. The molecule has 0 unspecified atom stereocenters. The Morgan fingerprint density at radius 1 is 1.10 bits per heavy atom. The monoisotopic (exact) mass is 289 g/mol. The summed E-state index contributed by atoms with van der Waals surface area (Å²) in [4.78, 5) is 2.63. The van der Waals surface area contributed by atoms with Crippen LogP contribution in [0.15, 0.2) is 24.3 Å². The molecule has 0 atom stereocenters. The Morgan fingerprint density at radius 3 is 2.52 bits per heavy atom. The van der Waals surface area contributed by atoms with E-state index in [2.05, 4.69) is 16.3 Å². The summed E-state index contributed by atoms with van der Waals surface area (Å²) in [6.07, 6.45) is 4.88. The number of piperidine rings is 1. The van der Waals surface area contributed by atoms with Crippen LogP contribution in [0, 0.1) is 5.92 Å². The number of nitrogens with two attached hydrogens (primary N) is 1. The molecule has 0 radical (unpaired) electrons. The van der Waals surface area contributed by atoms with Crippen molar-refractivity contribution in [1.82, 2.24) is 4.90 Å². The molecule has 0 saturated carbocycles. The Balaban J connectivity index is 1.43. The number of anilines is 2. The first-order valence-corrected chi connectivity index (χ1v) is 8.22. The van der Waals surface area contributed by atoms with Crippen molar-refractivity contribution >= 4 is 11.4 Å². The molecule has 2 aliphatic rings. The Morgan fingerprint density at radius 2 is 1.81 bits per heavy atom. The first kappa shape index (κ1) is 14.7. The van der Waals surface area contributed by atoms with Gasteiger partial charge in [-0.2, -0.15) is 0 Å². The van der Waals surface area contributed by atoms with Crippen molar-refractivity contribution in [2.45, 2.75) is 31.7 Å². The van der Waals surface area contributed by atoms with Crippen molar-refractivity contribution in [2.75, 3.05) is 43.9 Å². The van der Waals surface area contributed by atoms with Crippen molar-refractivity contribution in [3.8, 4) is 0 Å². The summed E-state index contributed by atoms with van der Waals surface area (Å²) in [6, 6.07) is 8.61. The molecular formula is C17H27N3O. The summed E-state index contributed by atoms with van der Waals surface area (Å²) in [5, 5.41) is 3.60. The first-order chi connectivity index (χ1) is 10.3. The van der Waals surface area contributed by atoms with Crippen LogP contribution in [0.4, 0.5) is 11.4 Å². The lowest BCUT2D eigenvalue weighted by atomic mass is 9.97. The highest BCUT2D eigenvalue weighted by atomic mass is 16.5. The van der Waals surface area contributed by atoms with Gasteiger partial charge in [0.1, 0.15) is 0 Å². The van der Waals surface area contributed by atoms with Crippen LogP contribution in [0.1, 0.15) is 25.7 Å². The van der Waals surface area contributed by atoms with Gasteiger partial charge in [-0.3, -0.25) is 0 Å². The van der Waals surface area contributed by atoms with E-state index in [-0.39, 0.29) is 0 Å².